The van der Waals surface area contributed by atoms with Crippen LogP contribution in [0.5, 0.6) is 0 Å². The molecule has 0 fully saturated rings. The first-order valence-corrected chi connectivity index (χ1v) is 13.3. The van der Waals surface area contributed by atoms with Crippen molar-refractivity contribution in [1.82, 2.24) is 14.1 Å². The van der Waals surface area contributed by atoms with Crippen LogP contribution in [0.15, 0.2) is 85.2 Å². The van der Waals surface area contributed by atoms with Gasteiger partial charge in [0.15, 0.2) is 0 Å². The van der Waals surface area contributed by atoms with Crippen molar-refractivity contribution in [1.29, 1.82) is 0 Å². The number of carbonyl (C=O) groups is 2. The van der Waals surface area contributed by atoms with Crippen LogP contribution in [0.4, 0.5) is 0 Å². The number of hydrogen-bond donors (Lipinski definition) is 1. The molecule has 0 saturated heterocycles. The van der Waals surface area contributed by atoms with Crippen molar-refractivity contribution in [2.45, 2.75) is 44.9 Å². The van der Waals surface area contributed by atoms with E-state index in [2.05, 4.69) is 65.9 Å². The Hall–Kier alpha value is -4.38. The molecule has 2 atom stereocenters. The van der Waals surface area contributed by atoms with E-state index >= 15 is 0 Å². The molecule has 1 aliphatic carbocycles. The molecule has 1 N–H and O–H groups in total. The van der Waals surface area contributed by atoms with Crippen molar-refractivity contribution in [3.8, 4) is 0 Å². The fraction of sp³-hybridized carbons (Fsp3) is 0.212. The van der Waals surface area contributed by atoms with Gasteiger partial charge < -0.3 is 4.98 Å². The molecular weight excluding hydrogens is 470 g/mol. The summed E-state index contributed by atoms with van der Waals surface area (Å²) in [6, 6.07) is 25.0. The van der Waals surface area contributed by atoms with Crippen LogP contribution < -0.4 is 0 Å². The molecule has 5 heteroatoms. The zero-order chi connectivity index (χ0) is 26.0. The van der Waals surface area contributed by atoms with Crippen molar-refractivity contribution in [3.63, 3.8) is 0 Å². The van der Waals surface area contributed by atoms with Crippen LogP contribution in [0.25, 0.3) is 32.7 Å². The van der Waals surface area contributed by atoms with E-state index in [1.54, 1.807) is 23.0 Å². The Morgan fingerprint density at radius 1 is 0.684 bits per heavy atom. The van der Waals surface area contributed by atoms with Crippen LogP contribution in [-0.4, -0.2) is 25.9 Å². The molecule has 38 heavy (non-hydrogen) atoms. The highest BCUT2D eigenvalue weighted by Crippen LogP contribution is 2.48. The second-order valence-electron chi connectivity index (χ2n) is 10.5. The third-order valence-corrected chi connectivity index (χ3v) is 8.37. The first kappa shape index (κ1) is 22.8. The molecule has 0 spiro atoms. The first-order valence-electron chi connectivity index (χ1n) is 13.3. The Labute approximate surface area is 220 Å². The summed E-state index contributed by atoms with van der Waals surface area (Å²) < 4.78 is 3.58. The number of benzene rings is 3. The van der Waals surface area contributed by atoms with E-state index in [4.69, 9.17) is 0 Å². The Morgan fingerprint density at radius 2 is 1.18 bits per heavy atom. The number of H-pyrrole nitrogens is 1. The number of carbonyl (C=O) groups excluding carboxylic acids is 2. The molecule has 0 saturated carbocycles. The molecule has 0 bridgehead atoms. The predicted molar refractivity (Wildman–Crippen MR) is 152 cm³/mol. The Morgan fingerprint density at radius 3 is 1.79 bits per heavy atom. The maximum atomic E-state index is 12.6. The van der Waals surface area contributed by atoms with Crippen LogP contribution in [-0.2, 0) is 0 Å². The van der Waals surface area contributed by atoms with Gasteiger partial charge in [0.2, 0.25) is 11.8 Å². The first-order chi connectivity index (χ1) is 18.5. The van der Waals surface area contributed by atoms with Gasteiger partial charge in [-0.05, 0) is 47.7 Å². The van der Waals surface area contributed by atoms with Gasteiger partial charge in [-0.15, -0.1) is 0 Å². The maximum Gasteiger partial charge on any atom is 0.227 e. The lowest BCUT2D eigenvalue weighted by atomic mass is 9.85. The fourth-order valence-electron chi connectivity index (χ4n) is 6.76. The topological polar surface area (TPSA) is 59.8 Å². The quantitative estimate of drug-likeness (QED) is 0.247. The summed E-state index contributed by atoms with van der Waals surface area (Å²) in [6.07, 6.45) is 7.11. The van der Waals surface area contributed by atoms with E-state index < -0.39 is 0 Å². The van der Waals surface area contributed by atoms with E-state index in [1.165, 1.54) is 27.8 Å². The Kier molecular flexibility index (Phi) is 5.15. The molecule has 6 aromatic rings. The standard InChI is InChI=1S/C33H29N3O2/c1-20(37)35-18-27(22-10-4-7-16-30(22)35)24-13-9-14-25(33-32(24)26-12-3-6-15-29(26)34-33)28-19-36(21(2)38)31-17-8-5-11-23(28)31/h3-8,10-12,15-19,24-25,34H,9,13-14H2,1-2H3/t24-,25+/m0/s1. The second-order valence-corrected chi connectivity index (χ2v) is 10.5. The minimum atomic E-state index is 0.0212. The molecule has 1 aliphatic rings. The minimum absolute atomic E-state index is 0.0212. The highest BCUT2D eigenvalue weighted by Gasteiger charge is 2.33. The fourth-order valence-corrected chi connectivity index (χ4v) is 6.76. The lowest BCUT2D eigenvalue weighted by Gasteiger charge is -2.18. The van der Waals surface area contributed by atoms with Gasteiger partial charge in [0.25, 0.3) is 0 Å². The van der Waals surface area contributed by atoms with Gasteiger partial charge in [0.05, 0.1) is 11.0 Å². The van der Waals surface area contributed by atoms with E-state index in [0.717, 1.165) is 46.6 Å². The number of aromatic amines is 1. The molecule has 0 radical (unpaired) electrons. The minimum Gasteiger partial charge on any atom is -0.358 e. The van der Waals surface area contributed by atoms with Crippen LogP contribution in [0.1, 0.15) is 76.9 Å². The number of nitrogens with zero attached hydrogens (tertiary/aromatic N) is 2. The van der Waals surface area contributed by atoms with Gasteiger partial charge in [-0.25, -0.2) is 0 Å². The molecular formula is C33H29N3O2. The molecule has 0 unspecified atom stereocenters. The highest BCUT2D eigenvalue weighted by molar-refractivity contribution is 5.96. The molecule has 3 aromatic carbocycles. The monoisotopic (exact) mass is 499 g/mol. The number of nitrogens with one attached hydrogen (secondary N) is 1. The zero-order valence-electron chi connectivity index (χ0n) is 21.6. The SMILES string of the molecule is CC(=O)n1cc([C@@H]2CCC[C@H](c3cn(C(C)=O)c4ccccc34)c3[nH]c4ccccc4c32)c2ccccc21. The maximum absolute atomic E-state index is 12.6. The van der Waals surface area contributed by atoms with Crippen LogP contribution >= 0.6 is 0 Å². The lowest BCUT2D eigenvalue weighted by molar-refractivity contribution is 0.0932. The highest BCUT2D eigenvalue weighted by atomic mass is 16.2. The predicted octanol–water partition coefficient (Wildman–Crippen LogP) is 7.85. The molecule has 188 valence electrons. The van der Waals surface area contributed by atoms with Crippen molar-refractivity contribution in [3.05, 3.63) is 108 Å². The van der Waals surface area contributed by atoms with Gasteiger partial charge >= 0.3 is 0 Å². The summed E-state index contributed by atoms with van der Waals surface area (Å²) in [5.74, 6) is 0.329. The Bertz CT molecular complexity index is 1880. The summed E-state index contributed by atoms with van der Waals surface area (Å²) >= 11 is 0. The Balaban J connectivity index is 1.50. The van der Waals surface area contributed by atoms with E-state index in [9.17, 15) is 9.59 Å². The number of aromatic nitrogens is 3. The van der Waals surface area contributed by atoms with Gasteiger partial charge in [0.1, 0.15) is 0 Å². The van der Waals surface area contributed by atoms with E-state index in [-0.39, 0.29) is 23.7 Å². The summed E-state index contributed by atoms with van der Waals surface area (Å²) in [6.45, 7) is 3.25. The second kappa shape index (κ2) is 8.59. The molecule has 3 heterocycles. The van der Waals surface area contributed by atoms with Crippen LogP contribution in [0.2, 0.25) is 0 Å². The van der Waals surface area contributed by atoms with Gasteiger partial charge in [-0.2, -0.15) is 0 Å². The number of para-hydroxylation sites is 3. The average molecular weight is 500 g/mol. The summed E-state index contributed by atoms with van der Waals surface area (Å²) in [4.78, 5) is 28.9. The number of hydrogen-bond acceptors (Lipinski definition) is 2. The van der Waals surface area contributed by atoms with Crippen molar-refractivity contribution in [2.24, 2.45) is 0 Å². The van der Waals surface area contributed by atoms with Gasteiger partial charge in [0, 0.05) is 65.4 Å². The normalized spacial score (nSPS) is 17.6. The molecule has 5 nitrogen and oxygen atoms in total. The van der Waals surface area contributed by atoms with E-state index in [0.29, 0.717) is 0 Å². The lowest BCUT2D eigenvalue weighted by Crippen LogP contribution is -2.06. The van der Waals surface area contributed by atoms with Gasteiger partial charge in [-0.3, -0.25) is 18.7 Å². The molecule has 0 amide bonds. The third kappa shape index (κ3) is 3.31. The summed E-state index contributed by atoms with van der Waals surface area (Å²) in [5.41, 5.74) is 7.97. The van der Waals surface area contributed by atoms with E-state index in [1.807, 2.05) is 24.3 Å². The average Bonchev–Trinajstić information content (AvgIpc) is 3.58. The zero-order valence-corrected chi connectivity index (χ0v) is 21.6. The number of fused-ring (bicyclic) bond motifs is 5. The summed E-state index contributed by atoms with van der Waals surface area (Å²) in [5, 5.41) is 3.49. The molecule has 3 aromatic heterocycles. The molecule has 7 rings (SSSR count). The van der Waals surface area contributed by atoms with Crippen LogP contribution in [0, 0.1) is 0 Å². The largest absolute Gasteiger partial charge is 0.358 e. The van der Waals surface area contributed by atoms with Gasteiger partial charge in [-0.1, -0.05) is 61.0 Å². The molecule has 0 aliphatic heterocycles. The summed E-state index contributed by atoms with van der Waals surface area (Å²) in [7, 11) is 0. The number of rotatable bonds is 2. The smallest absolute Gasteiger partial charge is 0.227 e. The van der Waals surface area contributed by atoms with Crippen molar-refractivity contribution < 1.29 is 9.59 Å². The van der Waals surface area contributed by atoms with Crippen LogP contribution in [0.3, 0.4) is 0 Å². The van der Waals surface area contributed by atoms with Crippen molar-refractivity contribution >= 4 is 44.5 Å². The third-order valence-electron chi connectivity index (χ3n) is 8.37. The van der Waals surface area contributed by atoms with Crippen molar-refractivity contribution in [2.75, 3.05) is 0 Å².